The molecule has 2 aromatic heterocycles. The maximum Gasteiger partial charge on any atom is 0.335 e. The van der Waals surface area contributed by atoms with Crippen molar-refractivity contribution in [2.45, 2.75) is 6.54 Å². The van der Waals surface area contributed by atoms with E-state index >= 15 is 0 Å². The van der Waals surface area contributed by atoms with Gasteiger partial charge in [0.1, 0.15) is 11.6 Å². The third kappa shape index (κ3) is 4.45. The Labute approximate surface area is 177 Å². The van der Waals surface area contributed by atoms with Crippen LogP contribution in [0.4, 0.5) is 11.5 Å². The predicted molar refractivity (Wildman–Crippen MR) is 115 cm³/mol. The van der Waals surface area contributed by atoms with Crippen LogP contribution in [0.2, 0.25) is 0 Å². The van der Waals surface area contributed by atoms with E-state index in [1.165, 1.54) is 22.8 Å². The molecule has 9 heteroatoms. The Morgan fingerprint density at radius 1 is 1.10 bits per heavy atom. The number of hydrogen-bond acceptors (Lipinski definition) is 6. The molecule has 0 bridgehead atoms. The van der Waals surface area contributed by atoms with Gasteiger partial charge in [-0.15, -0.1) is 5.10 Å². The van der Waals surface area contributed by atoms with Crippen LogP contribution in [0, 0.1) is 0 Å². The number of carbonyl (C=O) groups excluding carboxylic acids is 1. The third-order valence-corrected chi connectivity index (χ3v) is 4.60. The predicted octanol–water partition coefficient (Wildman–Crippen LogP) is 3.30. The summed E-state index contributed by atoms with van der Waals surface area (Å²) in [7, 11) is 1.62. The van der Waals surface area contributed by atoms with Crippen LogP contribution in [0.25, 0.3) is 5.65 Å². The van der Waals surface area contributed by atoms with E-state index in [0.717, 1.165) is 11.3 Å². The van der Waals surface area contributed by atoms with Gasteiger partial charge in [-0.25, -0.2) is 14.3 Å². The van der Waals surface area contributed by atoms with Crippen LogP contribution in [-0.2, 0) is 6.54 Å². The Hall–Kier alpha value is -4.40. The highest BCUT2D eigenvalue weighted by Gasteiger charge is 2.15. The quantitative estimate of drug-likeness (QED) is 0.422. The fraction of sp³-hybridized carbons (Fsp3) is 0.0909. The molecule has 0 saturated carbocycles. The normalized spacial score (nSPS) is 10.6. The first kappa shape index (κ1) is 19.9. The number of amides is 1. The lowest BCUT2D eigenvalue weighted by Gasteiger charge is -2.08. The molecule has 2 heterocycles. The number of ether oxygens (including phenoxy) is 1. The van der Waals surface area contributed by atoms with Gasteiger partial charge in [0, 0.05) is 12.2 Å². The van der Waals surface area contributed by atoms with Crippen LogP contribution in [-0.4, -0.2) is 38.7 Å². The lowest BCUT2D eigenvalue weighted by Crippen LogP contribution is -2.16. The number of imidazole rings is 1. The summed E-state index contributed by atoms with van der Waals surface area (Å²) in [6.07, 6.45) is 1.42. The molecule has 0 atom stereocenters. The molecule has 2 aromatic carbocycles. The van der Waals surface area contributed by atoms with Gasteiger partial charge < -0.3 is 20.5 Å². The minimum atomic E-state index is -1.07. The summed E-state index contributed by atoms with van der Waals surface area (Å²) >= 11 is 0. The van der Waals surface area contributed by atoms with Gasteiger partial charge in [0.15, 0.2) is 11.3 Å². The van der Waals surface area contributed by atoms with E-state index < -0.39 is 11.9 Å². The van der Waals surface area contributed by atoms with E-state index in [4.69, 9.17) is 9.84 Å². The van der Waals surface area contributed by atoms with Gasteiger partial charge in [0.2, 0.25) is 0 Å². The van der Waals surface area contributed by atoms with Gasteiger partial charge in [0.05, 0.1) is 18.9 Å². The van der Waals surface area contributed by atoms with Gasteiger partial charge in [-0.1, -0.05) is 18.2 Å². The molecule has 1 amide bonds. The van der Waals surface area contributed by atoms with Crippen LogP contribution in [0.3, 0.4) is 0 Å². The monoisotopic (exact) mass is 417 g/mol. The van der Waals surface area contributed by atoms with E-state index in [0.29, 0.717) is 23.7 Å². The summed E-state index contributed by atoms with van der Waals surface area (Å²) in [5.41, 5.74) is 2.24. The Morgan fingerprint density at radius 3 is 2.65 bits per heavy atom. The van der Waals surface area contributed by atoms with Crippen molar-refractivity contribution in [3.8, 4) is 5.75 Å². The molecule has 0 fully saturated rings. The fourth-order valence-corrected chi connectivity index (χ4v) is 2.98. The van der Waals surface area contributed by atoms with E-state index in [9.17, 15) is 9.59 Å². The summed E-state index contributed by atoms with van der Waals surface area (Å²) in [4.78, 5) is 28.1. The van der Waals surface area contributed by atoms with Crippen LogP contribution >= 0.6 is 0 Å². The summed E-state index contributed by atoms with van der Waals surface area (Å²) < 4.78 is 6.59. The Kier molecular flexibility index (Phi) is 5.48. The third-order valence-electron chi connectivity index (χ3n) is 4.60. The zero-order chi connectivity index (χ0) is 21.8. The van der Waals surface area contributed by atoms with Gasteiger partial charge >= 0.3 is 5.97 Å². The number of nitrogens with zero attached hydrogens (tertiary/aromatic N) is 3. The molecule has 4 rings (SSSR count). The number of methoxy groups -OCH3 is 1. The molecule has 0 saturated heterocycles. The average Bonchev–Trinajstić information content (AvgIpc) is 3.21. The van der Waals surface area contributed by atoms with Gasteiger partial charge in [-0.3, -0.25) is 4.79 Å². The molecule has 0 aliphatic carbocycles. The van der Waals surface area contributed by atoms with E-state index in [1.807, 2.05) is 24.3 Å². The molecule has 0 aliphatic rings. The summed E-state index contributed by atoms with van der Waals surface area (Å²) in [6.45, 7) is 0.542. The number of hydrogen-bond donors (Lipinski definition) is 3. The largest absolute Gasteiger partial charge is 0.497 e. The minimum Gasteiger partial charge on any atom is -0.497 e. The van der Waals surface area contributed by atoms with E-state index in [2.05, 4.69) is 20.7 Å². The van der Waals surface area contributed by atoms with E-state index in [1.54, 1.807) is 31.4 Å². The molecule has 3 N–H and O–H groups in total. The highest BCUT2D eigenvalue weighted by atomic mass is 16.5. The molecule has 0 unspecified atom stereocenters. The van der Waals surface area contributed by atoms with Crippen molar-refractivity contribution >= 4 is 29.0 Å². The van der Waals surface area contributed by atoms with Crippen molar-refractivity contribution in [1.29, 1.82) is 0 Å². The van der Waals surface area contributed by atoms with E-state index in [-0.39, 0.29) is 11.3 Å². The molecular weight excluding hydrogens is 398 g/mol. The van der Waals surface area contributed by atoms with Gasteiger partial charge in [-0.2, -0.15) is 0 Å². The number of aromatic nitrogens is 3. The SMILES string of the molecule is COc1ccc(CNc2ccc3ncc(C(=O)Nc4cccc(C(=O)O)c4)n3n2)cc1. The summed E-state index contributed by atoms with van der Waals surface area (Å²) in [5, 5.41) is 19.5. The molecule has 31 heavy (non-hydrogen) atoms. The van der Waals surface area contributed by atoms with Crippen molar-refractivity contribution in [3.05, 3.63) is 83.7 Å². The van der Waals surface area contributed by atoms with Gasteiger partial charge in [0.25, 0.3) is 5.91 Å². The van der Waals surface area contributed by atoms with Crippen molar-refractivity contribution in [2.24, 2.45) is 0 Å². The molecule has 0 radical (unpaired) electrons. The zero-order valence-corrected chi connectivity index (χ0v) is 16.6. The minimum absolute atomic E-state index is 0.0825. The molecule has 9 nitrogen and oxygen atoms in total. The number of fused-ring (bicyclic) bond motifs is 1. The maximum atomic E-state index is 12.7. The van der Waals surface area contributed by atoms with Crippen molar-refractivity contribution < 1.29 is 19.4 Å². The van der Waals surface area contributed by atoms with Crippen LogP contribution in [0.5, 0.6) is 5.75 Å². The maximum absolute atomic E-state index is 12.7. The first-order valence-electron chi connectivity index (χ1n) is 9.40. The van der Waals surface area contributed by atoms with Crippen LogP contribution in [0.15, 0.2) is 66.9 Å². The van der Waals surface area contributed by atoms with Crippen LogP contribution in [0.1, 0.15) is 26.4 Å². The number of carboxylic acid groups (broad SMARTS) is 1. The summed E-state index contributed by atoms with van der Waals surface area (Å²) in [6, 6.07) is 17.2. The molecule has 0 spiro atoms. The highest BCUT2D eigenvalue weighted by molar-refractivity contribution is 6.04. The Bertz CT molecular complexity index is 1250. The highest BCUT2D eigenvalue weighted by Crippen LogP contribution is 2.16. The van der Waals surface area contributed by atoms with Crippen molar-refractivity contribution in [2.75, 3.05) is 17.7 Å². The number of benzene rings is 2. The number of aromatic carboxylic acids is 1. The zero-order valence-electron chi connectivity index (χ0n) is 16.6. The molecule has 156 valence electrons. The molecule has 0 aliphatic heterocycles. The smallest absolute Gasteiger partial charge is 0.335 e. The number of carboxylic acids is 1. The standard InChI is InChI=1S/C22H19N5O4/c1-31-17-7-5-14(6-8-17)12-23-19-9-10-20-24-13-18(27(20)26-19)21(28)25-16-4-2-3-15(11-16)22(29)30/h2-11,13H,12H2,1H3,(H,23,26)(H,25,28)(H,29,30). The second kappa shape index (κ2) is 8.54. The van der Waals surface area contributed by atoms with Crippen LogP contribution < -0.4 is 15.4 Å². The lowest BCUT2D eigenvalue weighted by molar-refractivity contribution is 0.0696. The number of carbonyl (C=O) groups is 2. The number of nitrogens with one attached hydrogen (secondary N) is 2. The summed E-state index contributed by atoms with van der Waals surface area (Å²) in [5.74, 6) is -0.163. The van der Waals surface area contributed by atoms with Crippen molar-refractivity contribution in [3.63, 3.8) is 0 Å². The molecule has 4 aromatic rings. The lowest BCUT2D eigenvalue weighted by atomic mass is 10.2. The number of rotatable bonds is 7. The second-order valence-electron chi connectivity index (χ2n) is 6.67. The molecular formula is C22H19N5O4. The fourth-order valence-electron chi connectivity index (χ4n) is 2.98. The topological polar surface area (TPSA) is 118 Å². The Balaban J connectivity index is 1.51. The van der Waals surface area contributed by atoms with Gasteiger partial charge in [-0.05, 0) is 48.0 Å². The van der Waals surface area contributed by atoms with Crippen molar-refractivity contribution in [1.82, 2.24) is 14.6 Å². The first-order valence-corrected chi connectivity index (χ1v) is 9.40. The average molecular weight is 417 g/mol. The number of anilines is 2. The Morgan fingerprint density at radius 2 is 1.90 bits per heavy atom. The second-order valence-corrected chi connectivity index (χ2v) is 6.67. The first-order chi connectivity index (χ1) is 15.0.